The van der Waals surface area contributed by atoms with Crippen LogP contribution in [0, 0.1) is 5.92 Å². The van der Waals surface area contributed by atoms with Crippen LogP contribution in [0.5, 0.6) is 0 Å². The summed E-state index contributed by atoms with van der Waals surface area (Å²) in [6.45, 7) is 2.83. The molecular formula is C12H17BrN2OS. The van der Waals surface area contributed by atoms with E-state index in [1.165, 1.54) is 11.3 Å². The molecule has 0 atom stereocenters. The minimum absolute atomic E-state index is 0.176. The van der Waals surface area contributed by atoms with Crippen LogP contribution in [-0.2, 0) is 0 Å². The van der Waals surface area contributed by atoms with Gasteiger partial charge in [-0.05, 0) is 59.7 Å². The molecule has 0 spiro atoms. The van der Waals surface area contributed by atoms with Crippen LogP contribution in [0.25, 0.3) is 0 Å². The van der Waals surface area contributed by atoms with Crippen molar-refractivity contribution in [2.75, 3.05) is 26.7 Å². The van der Waals surface area contributed by atoms with Gasteiger partial charge in [0.25, 0.3) is 5.91 Å². The van der Waals surface area contributed by atoms with Gasteiger partial charge in [-0.2, -0.15) is 0 Å². The minimum Gasteiger partial charge on any atom is -0.338 e. The van der Waals surface area contributed by atoms with Crippen molar-refractivity contribution in [2.45, 2.75) is 12.8 Å². The molecule has 0 aromatic carbocycles. The van der Waals surface area contributed by atoms with Gasteiger partial charge in [0.1, 0.15) is 4.88 Å². The lowest BCUT2D eigenvalue weighted by Gasteiger charge is -2.31. The van der Waals surface area contributed by atoms with E-state index < -0.39 is 0 Å². The molecule has 2 heterocycles. The van der Waals surface area contributed by atoms with Crippen LogP contribution in [0.4, 0.5) is 0 Å². The van der Waals surface area contributed by atoms with Crippen molar-refractivity contribution in [3.63, 3.8) is 0 Å². The third-order valence-corrected chi connectivity index (χ3v) is 5.03. The normalized spacial score (nSPS) is 17.4. The number of halogens is 1. The second-order valence-corrected chi connectivity index (χ2v) is 6.16. The number of rotatable bonds is 3. The number of amides is 1. The van der Waals surface area contributed by atoms with Gasteiger partial charge in [-0.25, -0.2) is 0 Å². The first-order chi connectivity index (χ1) is 8.22. The molecule has 1 aromatic rings. The summed E-state index contributed by atoms with van der Waals surface area (Å²) in [6.07, 6.45) is 2.21. The van der Waals surface area contributed by atoms with Crippen LogP contribution in [0.3, 0.4) is 0 Å². The van der Waals surface area contributed by atoms with Crippen LogP contribution in [0.2, 0.25) is 0 Å². The van der Waals surface area contributed by atoms with Gasteiger partial charge in [-0.1, -0.05) is 0 Å². The third-order valence-electron chi connectivity index (χ3n) is 3.21. The van der Waals surface area contributed by atoms with E-state index in [1.54, 1.807) is 0 Å². The fraction of sp³-hybridized carbons (Fsp3) is 0.583. The summed E-state index contributed by atoms with van der Waals surface area (Å²) in [5, 5.41) is 5.16. The van der Waals surface area contributed by atoms with Crippen LogP contribution in [0.15, 0.2) is 15.9 Å². The van der Waals surface area contributed by atoms with Gasteiger partial charge in [0.05, 0.1) is 0 Å². The van der Waals surface area contributed by atoms with Crippen LogP contribution >= 0.6 is 27.3 Å². The highest BCUT2D eigenvalue weighted by Gasteiger charge is 2.24. The summed E-state index contributed by atoms with van der Waals surface area (Å²) in [4.78, 5) is 15.0. The molecule has 1 aliphatic rings. The van der Waals surface area contributed by atoms with E-state index in [9.17, 15) is 4.79 Å². The average Bonchev–Trinajstić information content (AvgIpc) is 2.76. The smallest absolute Gasteiger partial charge is 0.265 e. The first-order valence-corrected chi connectivity index (χ1v) is 7.56. The molecule has 5 heteroatoms. The maximum Gasteiger partial charge on any atom is 0.265 e. The maximum atomic E-state index is 12.2. The third kappa shape index (κ3) is 3.09. The van der Waals surface area contributed by atoms with E-state index in [2.05, 4.69) is 21.2 Å². The maximum absolute atomic E-state index is 12.2. The molecule has 1 fully saturated rings. The second kappa shape index (κ2) is 5.98. The average molecular weight is 317 g/mol. The zero-order valence-electron chi connectivity index (χ0n) is 9.91. The summed E-state index contributed by atoms with van der Waals surface area (Å²) in [5.41, 5.74) is 0. The van der Waals surface area contributed by atoms with Crippen molar-refractivity contribution in [3.05, 3.63) is 20.8 Å². The van der Waals surface area contributed by atoms with E-state index in [4.69, 9.17) is 0 Å². The summed E-state index contributed by atoms with van der Waals surface area (Å²) in [7, 11) is 1.99. The van der Waals surface area contributed by atoms with E-state index in [-0.39, 0.29) is 5.91 Å². The van der Waals surface area contributed by atoms with Gasteiger partial charge in [0.2, 0.25) is 0 Å². The zero-order chi connectivity index (χ0) is 12.3. The predicted octanol–water partition coefficient (Wildman–Crippen LogP) is 2.58. The summed E-state index contributed by atoms with van der Waals surface area (Å²) in [5.74, 6) is 0.894. The molecule has 2 rings (SSSR count). The molecule has 0 saturated carbocycles. The van der Waals surface area contributed by atoms with Gasteiger partial charge >= 0.3 is 0 Å². The van der Waals surface area contributed by atoms with Gasteiger partial charge < -0.3 is 10.2 Å². The largest absolute Gasteiger partial charge is 0.338 e. The number of nitrogens with zero attached hydrogens (tertiary/aromatic N) is 1. The quantitative estimate of drug-likeness (QED) is 0.929. The number of thiophene rings is 1. The summed E-state index contributed by atoms with van der Waals surface area (Å²) in [6, 6.07) is 1.94. The first kappa shape index (κ1) is 13.1. The van der Waals surface area contributed by atoms with Crippen LogP contribution < -0.4 is 5.32 Å². The molecule has 0 radical (unpaired) electrons. The van der Waals surface area contributed by atoms with Crippen molar-refractivity contribution >= 4 is 33.2 Å². The minimum atomic E-state index is 0.176. The first-order valence-electron chi connectivity index (χ1n) is 5.89. The fourth-order valence-electron chi connectivity index (χ4n) is 2.22. The summed E-state index contributed by atoms with van der Waals surface area (Å²) >= 11 is 4.94. The van der Waals surface area contributed by atoms with Crippen molar-refractivity contribution in [1.29, 1.82) is 0 Å². The Bertz CT molecular complexity index is 386. The Morgan fingerprint density at radius 2 is 2.29 bits per heavy atom. The zero-order valence-corrected chi connectivity index (χ0v) is 12.3. The second-order valence-electron chi connectivity index (χ2n) is 4.39. The standard InChI is InChI=1S/C12H17BrN2OS/c1-14-8-9-2-5-15(6-3-9)12(16)11-10(13)4-7-17-11/h4,7,9,14H,2-3,5-6,8H2,1H3. The lowest BCUT2D eigenvalue weighted by atomic mass is 9.97. The molecule has 1 N–H and O–H groups in total. The Morgan fingerprint density at radius 3 is 2.82 bits per heavy atom. The number of piperidine rings is 1. The Kier molecular flexibility index (Phi) is 4.59. The van der Waals surface area contributed by atoms with Crippen molar-refractivity contribution in [2.24, 2.45) is 5.92 Å². The van der Waals surface area contributed by atoms with E-state index in [0.29, 0.717) is 0 Å². The van der Waals surface area contributed by atoms with Gasteiger partial charge in [0, 0.05) is 17.6 Å². The summed E-state index contributed by atoms with van der Waals surface area (Å²) < 4.78 is 0.921. The molecule has 1 saturated heterocycles. The molecule has 1 aliphatic heterocycles. The number of carbonyl (C=O) groups excluding carboxylic acids is 1. The molecule has 0 unspecified atom stereocenters. The molecule has 3 nitrogen and oxygen atoms in total. The predicted molar refractivity (Wildman–Crippen MR) is 74.6 cm³/mol. The SMILES string of the molecule is CNCC1CCN(C(=O)c2sccc2Br)CC1. The Morgan fingerprint density at radius 1 is 1.59 bits per heavy atom. The van der Waals surface area contributed by atoms with Gasteiger partial charge in [-0.15, -0.1) is 11.3 Å². The molecule has 1 aromatic heterocycles. The van der Waals surface area contributed by atoms with E-state index in [0.717, 1.165) is 47.7 Å². The highest BCUT2D eigenvalue weighted by Crippen LogP contribution is 2.26. The fourth-order valence-corrected chi connectivity index (χ4v) is 3.73. The van der Waals surface area contributed by atoms with Crippen LogP contribution in [-0.4, -0.2) is 37.5 Å². The highest BCUT2D eigenvalue weighted by atomic mass is 79.9. The van der Waals surface area contributed by atoms with Gasteiger partial charge in [0.15, 0.2) is 0 Å². The highest BCUT2D eigenvalue weighted by molar-refractivity contribution is 9.10. The Labute approximate surface area is 114 Å². The molecule has 94 valence electrons. The molecule has 1 amide bonds. The van der Waals surface area contributed by atoms with Crippen molar-refractivity contribution < 1.29 is 4.79 Å². The van der Waals surface area contributed by atoms with Crippen molar-refractivity contribution in [3.8, 4) is 0 Å². The Balaban J connectivity index is 1.93. The van der Waals surface area contributed by atoms with Crippen molar-refractivity contribution in [1.82, 2.24) is 10.2 Å². The number of nitrogens with one attached hydrogen (secondary N) is 1. The Hall–Kier alpha value is -0.390. The number of carbonyl (C=O) groups is 1. The molecule has 0 bridgehead atoms. The number of likely N-dealkylation sites (tertiary alicyclic amines) is 1. The van der Waals surface area contributed by atoms with Gasteiger partial charge in [-0.3, -0.25) is 4.79 Å². The van der Waals surface area contributed by atoms with E-state index >= 15 is 0 Å². The lowest BCUT2D eigenvalue weighted by molar-refractivity contribution is 0.0695. The molecule has 17 heavy (non-hydrogen) atoms. The topological polar surface area (TPSA) is 32.3 Å². The van der Waals surface area contributed by atoms with Crippen LogP contribution in [0.1, 0.15) is 22.5 Å². The number of hydrogen-bond donors (Lipinski definition) is 1. The molecular weight excluding hydrogens is 300 g/mol. The number of hydrogen-bond acceptors (Lipinski definition) is 3. The van der Waals surface area contributed by atoms with E-state index in [1.807, 2.05) is 23.4 Å². The lowest BCUT2D eigenvalue weighted by Crippen LogP contribution is -2.40. The molecule has 0 aliphatic carbocycles. The monoisotopic (exact) mass is 316 g/mol.